The summed E-state index contributed by atoms with van der Waals surface area (Å²) in [6, 6.07) is 8.90. The number of thiophene rings is 1. The zero-order valence-corrected chi connectivity index (χ0v) is 13.1. The zero-order chi connectivity index (χ0) is 12.4. The predicted molar refractivity (Wildman–Crippen MR) is 79.1 cm³/mol. The topological polar surface area (TPSA) is 29.1 Å². The van der Waals surface area contributed by atoms with E-state index in [1.807, 2.05) is 12.1 Å². The largest absolute Gasteiger partial charge is 0.320 e. The molecule has 0 bridgehead atoms. The number of carbonyl (C=O) groups excluding carboxylic acids is 1. The SMILES string of the molecule is O=C(Nc1ccccc1Cl)c1cc(Br)c(Br)s1. The Kier molecular flexibility index (Phi) is 4.25. The van der Waals surface area contributed by atoms with Gasteiger partial charge in [-0.05, 0) is 50.1 Å². The molecule has 1 N–H and O–H groups in total. The van der Waals surface area contributed by atoms with Gasteiger partial charge in [0.05, 0.1) is 19.4 Å². The van der Waals surface area contributed by atoms with Crippen LogP contribution in [0.5, 0.6) is 0 Å². The lowest BCUT2D eigenvalue weighted by molar-refractivity contribution is 0.103. The van der Waals surface area contributed by atoms with Gasteiger partial charge in [0.25, 0.3) is 5.91 Å². The molecule has 1 heterocycles. The van der Waals surface area contributed by atoms with Gasteiger partial charge < -0.3 is 5.32 Å². The van der Waals surface area contributed by atoms with Gasteiger partial charge >= 0.3 is 0 Å². The van der Waals surface area contributed by atoms with Gasteiger partial charge in [0.15, 0.2) is 0 Å². The van der Waals surface area contributed by atoms with Crippen molar-refractivity contribution in [3.05, 3.63) is 48.5 Å². The number of hydrogen-bond donors (Lipinski definition) is 1. The van der Waals surface area contributed by atoms with Crippen LogP contribution >= 0.6 is 54.8 Å². The Morgan fingerprint density at radius 1 is 1.29 bits per heavy atom. The minimum Gasteiger partial charge on any atom is -0.320 e. The Hall–Kier alpha value is -0.360. The first-order valence-corrected chi connectivity index (χ1v) is 7.36. The quantitative estimate of drug-likeness (QED) is 0.746. The molecular weight excluding hydrogens is 389 g/mol. The normalized spacial score (nSPS) is 10.3. The molecule has 6 heteroatoms. The number of benzene rings is 1. The molecule has 1 amide bonds. The molecule has 2 nitrogen and oxygen atoms in total. The summed E-state index contributed by atoms with van der Waals surface area (Å²) >= 11 is 14.0. The molecule has 0 aliphatic carbocycles. The van der Waals surface area contributed by atoms with Gasteiger partial charge in [-0.1, -0.05) is 23.7 Å². The maximum absolute atomic E-state index is 11.9. The molecular formula is C11H6Br2ClNOS. The van der Waals surface area contributed by atoms with Gasteiger partial charge in [-0.15, -0.1) is 11.3 Å². The monoisotopic (exact) mass is 393 g/mol. The molecule has 2 aromatic rings. The molecule has 0 spiro atoms. The fourth-order valence-corrected chi connectivity index (χ4v) is 3.32. The van der Waals surface area contributed by atoms with Crippen LogP contribution in [0.1, 0.15) is 9.67 Å². The Bertz CT molecular complexity index is 551. The average molecular weight is 396 g/mol. The molecule has 0 unspecified atom stereocenters. The highest BCUT2D eigenvalue weighted by Gasteiger charge is 2.13. The molecule has 0 atom stereocenters. The Labute approximate surface area is 124 Å². The van der Waals surface area contributed by atoms with Crippen LogP contribution in [0, 0.1) is 0 Å². The molecule has 2 rings (SSSR count). The first-order chi connectivity index (χ1) is 8.08. The summed E-state index contributed by atoms with van der Waals surface area (Å²) in [6.45, 7) is 0. The summed E-state index contributed by atoms with van der Waals surface area (Å²) in [7, 11) is 0. The highest BCUT2D eigenvalue weighted by molar-refractivity contribution is 9.13. The van der Waals surface area contributed by atoms with Crippen molar-refractivity contribution in [1.82, 2.24) is 0 Å². The van der Waals surface area contributed by atoms with Crippen LogP contribution in [0.25, 0.3) is 0 Å². The molecule has 0 fully saturated rings. The minimum atomic E-state index is -0.172. The second-order valence-electron chi connectivity index (χ2n) is 3.17. The maximum Gasteiger partial charge on any atom is 0.265 e. The summed E-state index contributed by atoms with van der Waals surface area (Å²) in [5.41, 5.74) is 0.611. The van der Waals surface area contributed by atoms with Gasteiger partial charge in [0, 0.05) is 4.47 Å². The first-order valence-electron chi connectivity index (χ1n) is 4.58. The lowest BCUT2D eigenvalue weighted by Gasteiger charge is -2.04. The number of halogens is 3. The minimum absolute atomic E-state index is 0.172. The summed E-state index contributed by atoms with van der Waals surface area (Å²) in [6.07, 6.45) is 0. The predicted octanol–water partition coefficient (Wildman–Crippen LogP) is 5.18. The molecule has 0 saturated carbocycles. The summed E-state index contributed by atoms with van der Waals surface area (Å²) in [5.74, 6) is -0.172. The smallest absolute Gasteiger partial charge is 0.265 e. The highest BCUT2D eigenvalue weighted by Crippen LogP contribution is 2.33. The van der Waals surface area contributed by atoms with Crippen molar-refractivity contribution < 1.29 is 4.79 Å². The highest BCUT2D eigenvalue weighted by atomic mass is 79.9. The van der Waals surface area contributed by atoms with E-state index in [-0.39, 0.29) is 5.91 Å². The molecule has 0 aliphatic rings. The number of rotatable bonds is 2. The molecule has 1 aromatic carbocycles. The van der Waals surface area contributed by atoms with Crippen LogP contribution in [-0.2, 0) is 0 Å². The Balaban J connectivity index is 2.20. The van der Waals surface area contributed by atoms with E-state index in [0.29, 0.717) is 15.6 Å². The van der Waals surface area contributed by atoms with Crippen molar-refractivity contribution in [2.75, 3.05) is 5.32 Å². The number of amides is 1. The van der Waals surface area contributed by atoms with Gasteiger partial charge in [0.1, 0.15) is 0 Å². The van der Waals surface area contributed by atoms with Crippen LogP contribution in [0.4, 0.5) is 5.69 Å². The molecule has 0 aliphatic heterocycles. The Morgan fingerprint density at radius 3 is 2.59 bits per heavy atom. The van der Waals surface area contributed by atoms with Crippen molar-refractivity contribution in [2.24, 2.45) is 0 Å². The summed E-state index contributed by atoms with van der Waals surface area (Å²) in [4.78, 5) is 12.5. The van der Waals surface area contributed by atoms with E-state index in [1.54, 1.807) is 18.2 Å². The van der Waals surface area contributed by atoms with Gasteiger partial charge in [-0.25, -0.2) is 0 Å². The Morgan fingerprint density at radius 2 is 2.00 bits per heavy atom. The van der Waals surface area contributed by atoms with Crippen molar-refractivity contribution in [3.63, 3.8) is 0 Å². The van der Waals surface area contributed by atoms with Crippen molar-refractivity contribution in [3.8, 4) is 0 Å². The van der Waals surface area contributed by atoms with Gasteiger partial charge in [-0.2, -0.15) is 0 Å². The van der Waals surface area contributed by atoms with Crippen LogP contribution in [0.15, 0.2) is 38.6 Å². The van der Waals surface area contributed by atoms with Crippen molar-refractivity contribution in [1.29, 1.82) is 0 Å². The van der Waals surface area contributed by atoms with E-state index < -0.39 is 0 Å². The first kappa shape index (κ1) is 13.1. The molecule has 0 radical (unpaired) electrons. The van der Waals surface area contributed by atoms with Crippen molar-refractivity contribution in [2.45, 2.75) is 0 Å². The molecule has 17 heavy (non-hydrogen) atoms. The third-order valence-corrected chi connectivity index (χ3v) is 5.58. The third-order valence-electron chi connectivity index (χ3n) is 1.99. The number of anilines is 1. The fraction of sp³-hybridized carbons (Fsp3) is 0. The van der Waals surface area contributed by atoms with E-state index in [4.69, 9.17) is 11.6 Å². The lowest BCUT2D eigenvalue weighted by atomic mass is 10.3. The summed E-state index contributed by atoms with van der Waals surface area (Å²) < 4.78 is 1.76. The standard InChI is InChI=1S/C11H6Br2ClNOS/c12-6-5-9(17-10(6)13)11(16)15-8-4-2-1-3-7(8)14/h1-5H,(H,15,16). The molecule has 88 valence electrons. The van der Waals surface area contributed by atoms with Gasteiger partial charge in [-0.3, -0.25) is 4.79 Å². The van der Waals surface area contributed by atoms with Gasteiger partial charge in [0.2, 0.25) is 0 Å². The van der Waals surface area contributed by atoms with E-state index >= 15 is 0 Å². The maximum atomic E-state index is 11.9. The summed E-state index contributed by atoms with van der Waals surface area (Å²) in [5, 5.41) is 3.29. The molecule has 1 aromatic heterocycles. The second-order valence-corrected chi connectivity index (χ2v) is 6.80. The fourth-order valence-electron chi connectivity index (χ4n) is 1.20. The average Bonchev–Trinajstić information content (AvgIpc) is 2.63. The van der Waals surface area contributed by atoms with Crippen LogP contribution in [-0.4, -0.2) is 5.91 Å². The number of carbonyl (C=O) groups is 1. The molecule has 0 saturated heterocycles. The van der Waals surface area contributed by atoms with Crippen LogP contribution in [0.2, 0.25) is 5.02 Å². The van der Waals surface area contributed by atoms with Crippen molar-refractivity contribution >= 4 is 66.4 Å². The number of hydrogen-bond acceptors (Lipinski definition) is 2. The number of nitrogens with one attached hydrogen (secondary N) is 1. The zero-order valence-electron chi connectivity index (χ0n) is 8.34. The van der Waals surface area contributed by atoms with Crippen LogP contribution < -0.4 is 5.32 Å². The lowest BCUT2D eigenvalue weighted by Crippen LogP contribution is -2.10. The van der Waals surface area contributed by atoms with E-state index in [0.717, 1.165) is 8.26 Å². The number of para-hydroxylation sites is 1. The van der Waals surface area contributed by atoms with E-state index in [2.05, 4.69) is 37.2 Å². The second kappa shape index (κ2) is 5.52. The van der Waals surface area contributed by atoms with Crippen LogP contribution in [0.3, 0.4) is 0 Å². The van der Waals surface area contributed by atoms with E-state index in [1.165, 1.54) is 11.3 Å². The third kappa shape index (κ3) is 3.10. The van der Waals surface area contributed by atoms with E-state index in [9.17, 15) is 4.79 Å².